The lowest BCUT2D eigenvalue weighted by atomic mass is 9.74. The lowest BCUT2D eigenvalue weighted by Gasteiger charge is -2.30. The molecule has 0 aromatic heterocycles. The Kier molecular flexibility index (Phi) is 7.58. The van der Waals surface area contributed by atoms with Crippen LogP contribution >= 0.6 is 11.6 Å². The summed E-state index contributed by atoms with van der Waals surface area (Å²) in [6, 6.07) is 12.7. The van der Waals surface area contributed by atoms with Gasteiger partial charge in [-0.2, -0.15) is 0 Å². The van der Waals surface area contributed by atoms with Crippen molar-refractivity contribution >= 4 is 27.4 Å². The number of rotatable bonds is 7. The molecule has 4 rings (SSSR count). The van der Waals surface area contributed by atoms with E-state index in [1.54, 1.807) is 18.2 Å². The number of phenols is 1. The van der Waals surface area contributed by atoms with E-state index in [-0.39, 0.29) is 21.6 Å². The fraction of sp³-hybridized carbons (Fsp3) is 0.269. The maximum atomic E-state index is 11.3. The maximum Gasteiger partial charge on any atom is 0.339 e. The van der Waals surface area contributed by atoms with E-state index in [0.29, 0.717) is 16.5 Å². The number of carboxylic acids is 1. The van der Waals surface area contributed by atoms with E-state index in [4.69, 9.17) is 16.3 Å². The zero-order valence-corrected chi connectivity index (χ0v) is 20.8. The highest BCUT2D eigenvalue weighted by atomic mass is 35.5. The zero-order chi connectivity index (χ0) is 25.1. The lowest BCUT2D eigenvalue weighted by molar-refractivity contribution is 0.0693. The summed E-state index contributed by atoms with van der Waals surface area (Å²) < 4.78 is 27.8. The van der Waals surface area contributed by atoms with Crippen LogP contribution in [-0.2, 0) is 15.3 Å². The van der Waals surface area contributed by atoms with Gasteiger partial charge in [0, 0.05) is 5.41 Å². The van der Waals surface area contributed by atoms with E-state index < -0.39 is 15.8 Å². The van der Waals surface area contributed by atoms with Crippen molar-refractivity contribution in [3.8, 4) is 11.5 Å². The van der Waals surface area contributed by atoms with Gasteiger partial charge in [0.25, 0.3) is 0 Å². The van der Waals surface area contributed by atoms with Gasteiger partial charge in [0.05, 0.1) is 21.4 Å². The summed E-state index contributed by atoms with van der Waals surface area (Å²) in [5, 5.41) is 19.3. The first kappa shape index (κ1) is 25.6. The zero-order valence-electron chi connectivity index (χ0n) is 19.2. The minimum Gasteiger partial charge on any atom is -0.507 e. The third-order valence-corrected chi connectivity index (χ3v) is 8.27. The van der Waals surface area contributed by atoms with Gasteiger partial charge in [0.1, 0.15) is 17.1 Å². The van der Waals surface area contributed by atoms with Crippen LogP contribution in [0, 0.1) is 0 Å². The van der Waals surface area contributed by atoms with Gasteiger partial charge in [-0.05, 0) is 66.5 Å². The highest BCUT2D eigenvalue weighted by Crippen LogP contribution is 2.39. The molecule has 0 spiro atoms. The Morgan fingerprint density at radius 1 is 1.06 bits per heavy atom. The molecule has 1 atom stereocenters. The molecule has 0 radical (unpaired) electrons. The average Bonchev–Trinajstić information content (AvgIpc) is 3.23. The standard InChI is InChI=1S/C20H24O4.C6H3ClO2S/c1-4-12-24-16-9-6-14(7-10-16)20(3,5-2)15-8-11-18(21)17(13-15)19(22)23;7-5-3-4-1-2-6(5)10(4,8)9/h6-11,13,21H,4-5,12H2,1-3H3,(H,22,23);1-3H. The third-order valence-electron chi connectivity index (χ3n) is 6.04. The number of aromatic hydroxyl groups is 1. The Morgan fingerprint density at radius 3 is 2.15 bits per heavy atom. The third kappa shape index (κ3) is 4.91. The van der Waals surface area contributed by atoms with Crippen molar-refractivity contribution in [2.45, 2.75) is 39.0 Å². The Balaban J connectivity index is 0.000000266. The van der Waals surface area contributed by atoms with Gasteiger partial charge < -0.3 is 14.9 Å². The van der Waals surface area contributed by atoms with Crippen LogP contribution in [0.15, 0.2) is 75.5 Å². The molecule has 2 aliphatic heterocycles. The van der Waals surface area contributed by atoms with Crippen LogP contribution in [0.4, 0.5) is 0 Å². The van der Waals surface area contributed by atoms with Gasteiger partial charge >= 0.3 is 5.97 Å². The fourth-order valence-corrected chi connectivity index (χ4v) is 5.64. The van der Waals surface area contributed by atoms with Crippen molar-refractivity contribution in [1.82, 2.24) is 0 Å². The van der Waals surface area contributed by atoms with Crippen molar-refractivity contribution in [2.75, 3.05) is 6.61 Å². The van der Waals surface area contributed by atoms with Gasteiger partial charge in [0.2, 0.25) is 9.84 Å². The molecular weight excluding hydrogens is 476 g/mol. The smallest absolute Gasteiger partial charge is 0.339 e. The van der Waals surface area contributed by atoms with Crippen LogP contribution < -0.4 is 4.74 Å². The van der Waals surface area contributed by atoms with Crippen LogP contribution in [0.2, 0.25) is 0 Å². The van der Waals surface area contributed by atoms with Crippen LogP contribution in [-0.4, -0.2) is 31.2 Å². The molecule has 2 aromatic rings. The summed E-state index contributed by atoms with van der Waals surface area (Å²) >= 11 is 5.57. The maximum absolute atomic E-state index is 11.3. The molecule has 34 heavy (non-hydrogen) atoms. The molecule has 2 aliphatic rings. The van der Waals surface area contributed by atoms with E-state index in [9.17, 15) is 23.4 Å². The van der Waals surface area contributed by atoms with Crippen LogP contribution in [0.1, 0.15) is 55.1 Å². The normalized spacial score (nSPS) is 17.0. The topological polar surface area (TPSA) is 101 Å². The second kappa shape index (κ2) is 10.1. The van der Waals surface area contributed by atoms with Crippen molar-refractivity contribution < 1.29 is 28.2 Å². The highest BCUT2D eigenvalue weighted by Gasteiger charge is 2.33. The van der Waals surface area contributed by atoms with Gasteiger partial charge in [0.15, 0.2) is 0 Å². The number of carbonyl (C=O) groups is 1. The Hall–Kier alpha value is -3.03. The van der Waals surface area contributed by atoms with E-state index in [2.05, 4.69) is 20.8 Å². The van der Waals surface area contributed by atoms with Crippen LogP contribution in [0.25, 0.3) is 0 Å². The van der Waals surface area contributed by atoms with E-state index in [0.717, 1.165) is 29.7 Å². The monoisotopic (exact) mass is 502 g/mol. The number of allylic oxidation sites excluding steroid dienone is 4. The number of sulfone groups is 1. The second-order valence-electron chi connectivity index (χ2n) is 8.19. The second-order valence-corrected chi connectivity index (χ2v) is 10.5. The molecule has 180 valence electrons. The molecule has 0 fully saturated rings. The molecule has 0 amide bonds. The molecule has 1 unspecified atom stereocenters. The number of benzene rings is 2. The molecule has 2 aromatic carbocycles. The van der Waals surface area contributed by atoms with Crippen molar-refractivity contribution in [3.63, 3.8) is 0 Å². The van der Waals surface area contributed by atoms with E-state index >= 15 is 0 Å². The summed E-state index contributed by atoms with van der Waals surface area (Å²) in [6.45, 7) is 6.89. The Bertz CT molecular complexity index is 1290. The molecule has 2 N–H and O–H groups in total. The highest BCUT2D eigenvalue weighted by molar-refractivity contribution is 8.00. The summed E-state index contributed by atoms with van der Waals surface area (Å²) in [6.07, 6.45) is 6.29. The molecule has 0 aliphatic carbocycles. The average molecular weight is 503 g/mol. The molecule has 2 heterocycles. The molecule has 2 bridgehead atoms. The number of aromatic carboxylic acids is 1. The van der Waals surface area contributed by atoms with Gasteiger partial charge in [-0.25, -0.2) is 13.2 Å². The van der Waals surface area contributed by atoms with Crippen molar-refractivity contribution in [2.24, 2.45) is 0 Å². The SMILES string of the molecule is CCCOc1ccc(C(C)(CC)c2ccc(O)c(C(=O)O)c2)cc1.O=S1(=O)C2=CC(Cl)=C1C=C2. The summed E-state index contributed by atoms with van der Waals surface area (Å²) in [5.41, 5.74) is 1.52. The molecule has 8 heteroatoms. The lowest BCUT2D eigenvalue weighted by Crippen LogP contribution is -2.23. The number of hydrogen-bond acceptors (Lipinski definition) is 5. The molecular formula is C26H27ClO6S. The van der Waals surface area contributed by atoms with Gasteiger partial charge in [-0.15, -0.1) is 0 Å². The van der Waals surface area contributed by atoms with Crippen LogP contribution in [0.5, 0.6) is 11.5 Å². The van der Waals surface area contributed by atoms with E-state index in [1.165, 1.54) is 18.2 Å². The van der Waals surface area contributed by atoms with Gasteiger partial charge in [-0.3, -0.25) is 0 Å². The quantitative estimate of drug-likeness (QED) is 0.487. The fourth-order valence-electron chi connectivity index (χ4n) is 3.76. The number of ether oxygens (including phenoxy) is 1. The van der Waals surface area contributed by atoms with Crippen LogP contribution in [0.3, 0.4) is 0 Å². The van der Waals surface area contributed by atoms with Crippen molar-refractivity contribution in [3.05, 3.63) is 92.2 Å². The van der Waals surface area contributed by atoms with E-state index in [1.807, 2.05) is 24.3 Å². The van der Waals surface area contributed by atoms with Gasteiger partial charge in [-0.1, -0.05) is 50.6 Å². The minimum absolute atomic E-state index is 0.0740. The minimum atomic E-state index is -3.14. The van der Waals surface area contributed by atoms with Crippen molar-refractivity contribution in [1.29, 1.82) is 0 Å². The number of hydrogen-bond donors (Lipinski definition) is 2. The molecule has 0 saturated carbocycles. The predicted octanol–water partition coefficient (Wildman–Crippen LogP) is 5.91. The summed E-state index contributed by atoms with van der Waals surface area (Å²) in [7, 11) is -3.14. The summed E-state index contributed by atoms with van der Waals surface area (Å²) in [5.74, 6) is -0.514. The first-order chi connectivity index (χ1) is 16.0. The predicted molar refractivity (Wildman–Crippen MR) is 133 cm³/mol. The summed E-state index contributed by atoms with van der Waals surface area (Å²) in [4.78, 5) is 11.8. The first-order valence-electron chi connectivity index (χ1n) is 10.9. The Labute approximate surface area is 204 Å². The largest absolute Gasteiger partial charge is 0.507 e. The first-order valence-corrected chi connectivity index (χ1v) is 12.8. The molecule has 0 saturated heterocycles. The Morgan fingerprint density at radius 2 is 1.71 bits per heavy atom. The molecule has 6 nitrogen and oxygen atoms in total. The number of carboxylic acid groups (broad SMARTS) is 1. The number of halogens is 1. The number of fused-ring (bicyclic) bond motifs is 2.